The highest BCUT2D eigenvalue weighted by atomic mass is 35.5. The summed E-state index contributed by atoms with van der Waals surface area (Å²) in [5, 5.41) is 17.3. The van der Waals surface area contributed by atoms with Gasteiger partial charge in [-0.25, -0.2) is 23.7 Å². The van der Waals surface area contributed by atoms with E-state index in [0.29, 0.717) is 36.8 Å². The Kier molecular flexibility index (Phi) is 6.14. The Morgan fingerprint density at radius 3 is 3.00 bits per heavy atom. The smallest absolute Gasteiger partial charge is 0.343 e. The highest BCUT2D eigenvalue weighted by Gasteiger charge is 2.34. The topological polar surface area (TPSA) is 122 Å². The van der Waals surface area contributed by atoms with Crippen LogP contribution in [0.2, 0.25) is 0 Å². The van der Waals surface area contributed by atoms with E-state index in [1.165, 1.54) is 16.8 Å². The molecule has 0 aromatic carbocycles. The summed E-state index contributed by atoms with van der Waals surface area (Å²) in [6, 6.07) is 2.86. The van der Waals surface area contributed by atoms with Crippen LogP contribution in [0.5, 0.6) is 0 Å². The van der Waals surface area contributed by atoms with Gasteiger partial charge in [0.1, 0.15) is 17.2 Å². The fraction of sp³-hybridized carbons (Fsp3) is 0.333. The van der Waals surface area contributed by atoms with E-state index in [9.17, 15) is 14.3 Å². The SMILES string of the molecule is Cl.NCCNc1ncc(F)cc1C1CCCN1c1nn2cccnc2c1C(=O)O. The number of halogens is 2. The van der Waals surface area contributed by atoms with Crippen molar-refractivity contribution < 1.29 is 14.3 Å². The molecule has 3 aromatic rings. The second-order valence-corrected chi connectivity index (χ2v) is 6.55. The highest BCUT2D eigenvalue weighted by Crippen LogP contribution is 2.40. The van der Waals surface area contributed by atoms with E-state index in [1.807, 2.05) is 4.90 Å². The van der Waals surface area contributed by atoms with Gasteiger partial charge in [-0.2, -0.15) is 0 Å². The van der Waals surface area contributed by atoms with E-state index in [1.54, 1.807) is 12.3 Å². The number of nitrogens with one attached hydrogen (secondary N) is 1. The number of carboxylic acid groups (broad SMARTS) is 1. The second kappa shape index (κ2) is 8.58. The first kappa shape index (κ1) is 20.7. The van der Waals surface area contributed by atoms with E-state index in [4.69, 9.17) is 5.73 Å². The summed E-state index contributed by atoms with van der Waals surface area (Å²) in [6.07, 6.45) is 5.88. The van der Waals surface area contributed by atoms with Crippen molar-refractivity contribution in [2.45, 2.75) is 18.9 Å². The zero-order valence-electron chi connectivity index (χ0n) is 15.5. The first-order chi connectivity index (χ1) is 13.6. The molecule has 1 fully saturated rings. The molecule has 11 heteroatoms. The van der Waals surface area contributed by atoms with Crippen molar-refractivity contribution in [2.75, 3.05) is 29.9 Å². The van der Waals surface area contributed by atoms with E-state index < -0.39 is 11.8 Å². The molecule has 29 heavy (non-hydrogen) atoms. The number of pyridine rings is 1. The Morgan fingerprint density at radius 1 is 1.41 bits per heavy atom. The van der Waals surface area contributed by atoms with Crippen LogP contribution in [0.25, 0.3) is 5.65 Å². The summed E-state index contributed by atoms with van der Waals surface area (Å²) in [7, 11) is 0. The third-order valence-corrected chi connectivity index (χ3v) is 4.80. The van der Waals surface area contributed by atoms with Crippen LogP contribution in [0.4, 0.5) is 16.0 Å². The Hall–Kier alpha value is -2.98. The van der Waals surface area contributed by atoms with Crippen LogP contribution in [0.1, 0.15) is 34.8 Å². The molecular weight excluding hydrogens is 401 g/mol. The molecule has 0 saturated carbocycles. The summed E-state index contributed by atoms with van der Waals surface area (Å²) in [5.74, 6) is -0.686. The van der Waals surface area contributed by atoms with Crippen molar-refractivity contribution in [3.05, 3.63) is 47.7 Å². The number of carboxylic acids is 1. The zero-order valence-corrected chi connectivity index (χ0v) is 16.3. The second-order valence-electron chi connectivity index (χ2n) is 6.55. The number of fused-ring (bicyclic) bond motifs is 1. The molecule has 1 unspecified atom stereocenters. The predicted molar refractivity (Wildman–Crippen MR) is 108 cm³/mol. The number of nitrogens with zero attached hydrogens (tertiary/aromatic N) is 5. The maximum atomic E-state index is 14.0. The normalized spacial score (nSPS) is 16.1. The van der Waals surface area contributed by atoms with Crippen molar-refractivity contribution in [3.63, 3.8) is 0 Å². The quantitative estimate of drug-likeness (QED) is 0.553. The van der Waals surface area contributed by atoms with Gasteiger partial charge >= 0.3 is 5.97 Å². The maximum absolute atomic E-state index is 14.0. The third-order valence-electron chi connectivity index (χ3n) is 4.80. The Morgan fingerprint density at radius 2 is 2.24 bits per heavy atom. The number of carbonyl (C=O) groups is 1. The molecule has 0 amide bonds. The van der Waals surface area contributed by atoms with Gasteiger partial charge in [-0.15, -0.1) is 17.5 Å². The summed E-state index contributed by atoms with van der Waals surface area (Å²) < 4.78 is 15.4. The van der Waals surface area contributed by atoms with Crippen molar-refractivity contribution in [2.24, 2.45) is 5.73 Å². The molecule has 0 radical (unpaired) electrons. The van der Waals surface area contributed by atoms with E-state index >= 15 is 0 Å². The first-order valence-electron chi connectivity index (χ1n) is 9.03. The summed E-state index contributed by atoms with van der Waals surface area (Å²) in [4.78, 5) is 22.2. The van der Waals surface area contributed by atoms with Gasteiger partial charge in [0.05, 0.1) is 12.2 Å². The van der Waals surface area contributed by atoms with Crippen molar-refractivity contribution in [1.29, 1.82) is 0 Å². The lowest BCUT2D eigenvalue weighted by Crippen LogP contribution is -2.26. The molecule has 0 bridgehead atoms. The number of rotatable bonds is 6. The molecule has 1 aliphatic heterocycles. The molecule has 0 aliphatic carbocycles. The van der Waals surface area contributed by atoms with Crippen LogP contribution < -0.4 is 16.0 Å². The van der Waals surface area contributed by atoms with Gasteiger partial charge in [-0.1, -0.05) is 0 Å². The largest absolute Gasteiger partial charge is 0.477 e. The molecule has 0 spiro atoms. The van der Waals surface area contributed by atoms with Gasteiger partial charge in [0.2, 0.25) is 0 Å². The third kappa shape index (κ3) is 3.81. The number of hydrogen-bond donors (Lipinski definition) is 3. The molecule has 4 rings (SSSR count). The molecular formula is C18H21ClFN7O2. The van der Waals surface area contributed by atoms with Crippen molar-refractivity contribution in [3.8, 4) is 0 Å². The molecule has 1 atom stereocenters. The minimum Gasteiger partial charge on any atom is -0.477 e. The summed E-state index contributed by atoms with van der Waals surface area (Å²) in [5.41, 5.74) is 6.53. The molecule has 3 aromatic heterocycles. The number of hydrogen-bond acceptors (Lipinski definition) is 7. The molecule has 154 valence electrons. The van der Waals surface area contributed by atoms with Crippen molar-refractivity contribution >= 4 is 35.7 Å². The van der Waals surface area contributed by atoms with Gasteiger partial charge in [0.25, 0.3) is 0 Å². The van der Waals surface area contributed by atoms with Crippen LogP contribution in [-0.2, 0) is 0 Å². The van der Waals surface area contributed by atoms with Gasteiger partial charge in [-0.05, 0) is 25.0 Å². The molecule has 1 saturated heterocycles. The van der Waals surface area contributed by atoms with Crippen LogP contribution in [0.15, 0.2) is 30.7 Å². The van der Waals surface area contributed by atoms with E-state index in [0.717, 1.165) is 19.0 Å². The average molecular weight is 422 g/mol. The fourth-order valence-electron chi connectivity index (χ4n) is 3.66. The monoisotopic (exact) mass is 421 g/mol. The molecule has 4 heterocycles. The van der Waals surface area contributed by atoms with Gasteiger partial charge < -0.3 is 21.1 Å². The first-order valence-corrected chi connectivity index (χ1v) is 9.03. The minimum absolute atomic E-state index is 0. The summed E-state index contributed by atoms with van der Waals surface area (Å²) in [6.45, 7) is 1.51. The maximum Gasteiger partial charge on any atom is 0.343 e. The van der Waals surface area contributed by atoms with Crippen LogP contribution in [-0.4, -0.2) is 50.3 Å². The number of aromatic carboxylic acids is 1. The van der Waals surface area contributed by atoms with Crippen LogP contribution >= 0.6 is 12.4 Å². The lowest BCUT2D eigenvalue weighted by Gasteiger charge is -2.27. The Bertz CT molecular complexity index is 1030. The van der Waals surface area contributed by atoms with Gasteiger partial charge in [-0.3, -0.25) is 0 Å². The van der Waals surface area contributed by atoms with Gasteiger partial charge in [0, 0.05) is 37.6 Å². The fourth-order valence-corrected chi connectivity index (χ4v) is 3.66. The predicted octanol–water partition coefficient (Wildman–Crippen LogP) is 2.10. The van der Waals surface area contributed by atoms with E-state index in [-0.39, 0.29) is 29.7 Å². The van der Waals surface area contributed by atoms with E-state index in [2.05, 4.69) is 20.4 Å². The average Bonchev–Trinajstić information content (AvgIpc) is 3.31. The van der Waals surface area contributed by atoms with Crippen molar-refractivity contribution in [1.82, 2.24) is 19.6 Å². The Labute approximate surface area is 172 Å². The minimum atomic E-state index is -1.10. The highest BCUT2D eigenvalue weighted by molar-refractivity contribution is 6.00. The lowest BCUT2D eigenvalue weighted by atomic mass is 10.0. The lowest BCUT2D eigenvalue weighted by molar-refractivity contribution is 0.0699. The van der Waals surface area contributed by atoms with Crippen LogP contribution in [0, 0.1) is 5.82 Å². The zero-order chi connectivity index (χ0) is 19.7. The number of aromatic nitrogens is 4. The summed E-state index contributed by atoms with van der Waals surface area (Å²) >= 11 is 0. The standard InChI is InChI=1S/C18H20FN7O2.ClH/c19-11-9-12(15(23-10-11)21-6-4-20)13-3-1-7-25(13)17-14(18(27)28)16-22-5-2-8-26(16)24-17;/h2,5,8-10,13H,1,3-4,6-7,20H2,(H,21,23)(H,27,28);1H. The Balaban J connectivity index is 0.00000240. The molecule has 1 aliphatic rings. The number of anilines is 2. The van der Waals surface area contributed by atoms with Crippen LogP contribution in [0.3, 0.4) is 0 Å². The van der Waals surface area contributed by atoms with Gasteiger partial charge in [0.15, 0.2) is 11.5 Å². The number of nitrogens with two attached hydrogens (primary N) is 1. The molecule has 9 nitrogen and oxygen atoms in total. The molecule has 4 N–H and O–H groups in total.